The van der Waals surface area contributed by atoms with Crippen molar-refractivity contribution in [1.29, 1.82) is 0 Å². The fourth-order valence-corrected chi connectivity index (χ4v) is 19.7. The molecule has 9 aliphatic rings. The van der Waals surface area contributed by atoms with Crippen molar-refractivity contribution < 1.29 is 55.2 Å². The molecule has 15 nitrogen and oxygen atoms in total. The standard InChI is InChI=1S/C86H94N4O11/c1-47-44-87-46-64(92)37-56-17-15-51-18-22-61(41-76(51)82(56)96)90-85-71-25-19-50-14-16-53-29-49(31-72(50)53)13-23-67(79(94)42-62-36-60(47)45-89-62)59-35-57-34-54-20-24-69(74-43-80(95)81(101-2)40-55(74)21-26-78(93)84(98)83(97)75(54)38-59)68-11-4-3-10-65(68)58-33-52(8-6-12-66(57)70(71)27-28-88-85)73(77(39-58)86(99)100)32-48-7-5-9-63(91)30-48/h3-5,7,9-11,14-18,22,27,30,36,40-41,43,45,47,49-50,52-54,57-59,64,66-67,69,72-73,75,77,79,84,86-92,94-96,98-100H,12-13,21,23,26,28-29,31-35,37-39,42,44,46H2,1-2H3/t47-,49-,50-,52-,53-,54-,57-,58-,59+,64-,66-,67-,69-,72-,73+,75+,77+,79+,84+/m0/s1. The van der Waals surface area contributed by atoms with E-state index in [-0.39, 0.29) is 90.1 Å². The number of hydrogen-bond acceptors (Lipinski definition) is 14. The lowest BCUT2D eigenvalue weighted by atomic mass is 9.63. The molecule has 1 aromatic heterocycles. The van der Waals surface area contributed by atoms with E-state index in [2.05, 4.69) is 99.8 Å². The minimum atomic E-state index is -1.96. The Morgan fingerprint density at radius 3 is 2.42 bits per heavy atom. The number of rotatable bonds is 4. The molecule has 0 saturated heterocycles. The van der Waals surface area contributed by atoms with E-state index in [9.17, 15) is 45.6 Å². The van der Waals surface area contributed by atoms with Crippen LogP contribution in [0, 0.1) is 112 Å². The number of ketones is 2. The number of ether oxygens (including phenoxy) is 1. The van der Waals surface area contributed by atoms with Gasteiger partial charge in [0, 0.05) is 97.9 Å². The van der Waals surface area contributed by atoms with E-state index in [0.717, 1.165) is 63.7 Å². The number of H-pyrrole nitrogens is 1. The third-order valence-corrected chi connectivity index (χ3v) is 24.9. The quantitative estimate of drug-likeness (QED) is 0.0339. The SMILES string of the molecule is COc1cc2c(cc1O)[C@H]1C#C[C@H]3C[C@H]4C[C@H](C[C@H]3C(=O)[C@H](O)C(=O)CC2)[C@@H]2CC[C@@H]3C[C@H]5[C@H](C#CC6=C(NCC=C6[C@H]4CC#C[C@H]4C[C@@H](C[C@@H](C(O)O)[C@@H]4Cc4cccc(O)c4)c4ccccc41)Nc1ccc4ccc(c(O)c4c1)C[C@H](O)CNC[C@H](C)c1c[nH]c(c1)C[C@H]2O)C=C[C@H]5C3. The zero-order valence-corrected chi connectivity index (χ0v) is 57.6. The molecule has 0 radical (unpaired) electrons. The van der Waals surface area contributed by atoms with E-state index < -0.39 is 71.7 Å². The number of hydrogen-bond donors (Lipinski definition) is 12. The van der Waals surface area contributed by atoms with Crippen LogP contribution in [0.1, 0.15) is 140 Å². The number of anilines is 1. The first-order valence-corrected chi connectivity index (χ1v) is 37.0. The lowest BCUT2D eigenvalue weighted by molar-refractivity contribution is -0.142. The van der Waals surface area contributed by atoms with E-state index in [1.165, 1.54) is 7.11 Å². The van der Waals surface area contributed by atoms with Crippen molar-refractivity contribution in [3.05, 3.63) is 183 Å². The number of dihydropyridines is 1. The summed E-state index contributed by atoms with van der Waals surface area (Å²) in [7, 11) is 1.47. The number of carbonyl (C=O) groups is 2. The van der Waals surface area contributed by atoms with Crippen LogP contribution in [0.15, 0.2) is 138 Å². The van der Waals surface area contributed by atoms with Gasteiger partial charge in [-0.1, -0.05) is 116 Å². The van der Waals surface area contributed by atoms with Crippen LogP contribution in [0.5, 0.6) is 23.0 Å². The average molecular weight is 1360 g/mol. The largest absolute Gasteiger partial charge is 0.508 e. The number of aromatic nitrogens is 1. The second-order valence-corrected chi connectivity index (χ2v) is 31.0. The third-order valence-electron chi connectivity index (χ3n) is 24.9. The maximum Gasteiger partial charge on any atom is 0.173 e. The molecule has 3 saturated carbocycles. The van der Waals surface area contributed by atoms with E-state index in [1.807, 2.05) is 60.8 Å². The highest BCUT2D eigenvalue weighted by Crippen LogP contribution is 2.54. The summed E-state index contributed by atoms with van der Waals surface area (Å²) < 4.78 is 5.74. The number of β-amino-alcohol motifs (C(OH)–C–C–N with tert-alkyl or cyclic N) is 1. The lowest BCUT2D eigenvalue weighted by Crippen LogP contribution is -2.40. The van der Waals surface area contributed by atoms with Gasteiger partial charge in [0.15, 0.2) is 35.5 Å². The maximum absolute atomic E-state index is 16.0. The molecule has 15 rings (SSSR count). The molecule has 12 N–H and O–H groups in total. The number of benzene rings is 5. The Morgan fingerprint density at radius 2 is 1.57 bits per heavy atom. The predicted octanol–water partition coefficient (Wildman–Crippen LogP) is 11.1. The summed E-state index contributed by atoms with van der Waals surface area (Å²) in [6.07, 6.45) is 10.2. The molecule has 3 heterocycles. The van der Waals surface area contributed by atoms with Gasteiger partial charge in [0.2, 0.25) is 0 Å². The average Bonchev–Trinajstić information content (AvgIpc) is 1.36. The minimum absolute atomic E-state index is 0.0289. The van der Waals surface area contributed by atoms with E-state index in [1.54, 1.807) is 24.3 Å². The fraction of sp³-hybridized carbons (Fsp3) is 0.465. The normalized spacial score (nSPS) is 32.5. The molecule has 7 aliphatic carbocycles. The van der Waals surface area contributed by atoms with Gasteiger partial charge in [-0.25, -0.2) is 0 Å². The van der Waals surface area contributed by atoms with Crippen LogP contribution in [0.4, 0.5) is 5.69 Å². The molecule has 2 aliphatic heterocycles. The predicted molar refractivity (Wildman–Crippen MR) is 388 cm³/mol. The van der Waals surface area contributed by atoms with E-state index in [4.69, 9.17) is 4.74 Å². The number of fused-ring (bicyclic) bond motifs is 13. The molecule has 17 bridgehead atoms. The summed E-state index contributed by atoms with van der Waals surface area (Å²) in [5.74, 6) is 18.3. The minimum Gasteiger partial charge on any atom is -0.508 e. The molecular weight excluding hydrogens is 1260 g/mol. The van der Waals surface area contributed by atoms with Gasteiger partial charge in [-0.15, -0.1) is 5.92 Å². The van der Waals surface area contributed by atoms with Crippen molar-refractivity contribution >= 4 is 28.0 Å². The number of methoxy groups -OCH3 is 1. The highest BCUT2D eigenvalue weighted by Gasteiger charge is 2.48. The Balaban J connectivity index is 0.981. The van der Waals surface area contributed by atoms with Crippen LogP contribution in [-0.2, 0) is 35.3 Å². The summed E-state index contributed by atoms with van der Waals surface area (Å²) in [6.45, 7) is 3.40. The van der Waals surface area contributed by atoms with Crippen molar-refractivity contribution in [3.63, 3.8) is 0 Å². The van der Waals surface area contributed by atoms with Crippen LogP contribution < -0.4 is 20.7 Å². The summed E-state index contributed by atoms with van der Waals surface area (Å²) >= 11 is 0. The topological polar surface area (TPSA) is 257 Å². The molecule has 5 aromatic carbocycles. The number of aryl methyl sites for hydroxylation is 1. The number of aliphatic hydroxyl groups excluding tert-OH is 4. The summed E-state index contributed by atoms with van der Waals surface area (Å²) in [5.41, 5.74) is 8.85. The number of carbonyl (C=O) groups excluding carboxylic acids is 2. The van der Waals surface area contributed by atoms with Crippen molar-refractivity contribution in [2.24, 2.45) is 76.9 Å². The van der Waals surface area contributed by atoms with Crippen LogP contribution in [0.25, 0.3) is 10.8 Å². The van der Waals surface area contributed by atoms with Gasteiger partial charge in [0.1, 0.15) is 17.3 Å². The zero-order chi connectivity index (χ0) is 69.7. The monoisotopic (exact) mass is 1360 g/mol. The molecule has 101 heavy (non-hydrogen) atoms. The summed E-state index contributed by atoms with van der Waals surface area (Å²) in [4.78, 5) is 34.5. The lowest BCUT2D eigenvalue weighted by Gasteiger charge is -2.42. The van der Waals surface area contributed by atoms with E-state index in [0.29, 0.717) is 122 Å². The number of aliphatic hydroxyl groups is 5. The first kappa shape index (κ1) is 68.2. The number of aromatic amines is 1. The highest BCUT2D eigenvalue weighted by atomic mass is 16.5. The van der Waals surface area contributed by atoms with Crippen molar-refractivity contribution in [2.75, 3.05) is 32.1 Å². The first-order valence-electron chi connectivity index (χ1n) is 37.0. The van der Waals surface area contributed by atoms with Gasteiger partial charge in [-0.3, -0.25) is 9.59 Å². The maximum atomic E-state index is 16.0. The Bertz CT molecular complexity index is 4450. The number of allylic oxidation sites excluding steroid dienone is 4. The Kier molecular flexibility index (Phi) is 19.6. The van der Waals surface area contributed by atoms with Crippen LogP contribution >= 0.6 is 0 Å². The number of aromatic hydroxyl groups is 3. The molecule has 6 aromatic rings. The highest BCUT2D eigenvalue weighted by molar-refractivity contribution is 6.06. The zero-order valence-electron chi connectivity index (χ0n) is 57.6. The van der Waals surface area contributed by atoms with Crippen molar-refractivity contribution in [3.8, 4) is 58.5 Å². The number of phenolic OH excluding ortho intramolecular Hbond substituents is 3. The van der Waals surface area contributed by atoms with Gasteiger partial charge in [0.05, 0.1) is 30.8 Å². The van der Waals surface area contributed by atoms with Gasteiger partial charge >= 0.3 is 0 Å². The second kappa shape index (κ2) is 29.1. The molecule has 19 atom stereocenters. The number of Topliss-reactive ketones (excluding diaryl/α,β-unsaturated/α-hetero) is 2. The summed E-state index contributed by atoms with van der Waals surface area (Å²) in [6, 6.07) is 30.6. The Morgan fingerprint density at radius 1 is 0.723 bits per heavy atom. The van der Waals surface area contributed by atoms with Gasteiger partial charge < -0.3 is 66.5 Å². The van der Waals surface area contributed by atoms with Crippen LogP contribution in [-0.4, -0.2) is 109 Å². The van der Waals surface area contributed by atoms with Crippen LogP contribution in [0.3, 0.4) is 0 Å². The van der Waals surface area contributed by atoms with Gasteiger partial charge in [-0.2, -0.15) is 0 Å². The smallest absolute Gasteiger partial charge is 0.173 e. The third kappa shape index (κ3) is 14.0. The van der Waals surface area contributed by atoms with E-state index >= 15 is 4.79 Å². The van der Waals surface area contributed by atoms with Gasteiger partial charge in [-0.05, 0) is 216 Å². The Labute approximate surface area is 592 Å². The first-order chi connectivity index (χ1) is 49.0. The molecule has 524 valence electrons. The molecule has 0 spiro atoms. The fourth-order valence-electron chi connectivity index (χ4n) is 19.7. The number of nitrogens with one attached hydrogen (secondary N) is 4. The second-order valence-electron chi connectivity index (χ2n) is 31.0. The van der Waals surface area contributed by atoms with Crippen molar-refractivity contribution in [1.82, 2.24) is 15.6 Å². The molecule has 15 heteroatoms. The van der Waals surface area contributed by atoms with Crippen LogP contribution in [0.2, 0.25) is 0 Å². The number of phenols is 3. The molecular formula is C86H94N4O11. The van der Waals surface area contributed by atoms with Gasteiger partial charge in [0.25, 0.3) is 0 Å². The Hall–Kier alpha value is -8.56. The molecule has 3 fully saturated rings. The van der Waals surface area contributed by atoms with Crippen molar-refractivity contribution in [2.45, 2.75) is 146 Å². The molecule has 0 unspecified atom stereocenters. The summed E-state index contributed by atoms with van der Waals surface area (Å²) in [5, 5.41) is 108. The molecule has 0 amide bonds.